The number of carbonyl (C=O) groups excluding carboxylic acids is 1. The Labute approximate surface area is 160 Å². The molecule has 0 unspecified atom stereocenters. The van der Waals surface area contributed by atoms with Crippen LogP contribution in [-0.4, -0.2) is 29.6 Å². The number of anilines is 1. The number of hydrogen-bond donors (Lipinski definition) is 1. The summed E-state index contributed by atoms with van der Waals surface area (Å²) in [6.07, 6.45) is 1.32. The van der Waals surface area contributed by atoms with Gasteiger partial charge in [0, 0.05) is 36.8 Å². The summed E-state index contributed by atoms with van der Waals surface area (Å²) in [6.45, 7) is 3.36. The number of benzene rings is 2. The molecule has 3 aromatic rings. The van der Waals surface area contributed by atoms with Gasteiger partial charge in [-0.15, -0.1) is 0 Å². The fourth-order valence-electron chi connectivity index (χ4n) is 2.94. The predicted molar refractivity (Wildman–Crippen MR) is 107 cm³/mol. The van der Waals surface area contributed by atoms with Crippen LogP contribution in [0.15, 0.2) is 65.2 Å². The van der Waals surface area contributed by atoms with Crippen LogP contribution in [0.5, 0.6) is 0 Å². The van der Waals surface area contributed by atoms with Gasteiger partial charge < -0.3 is 9.84 Å². The summed E-state index contributed by atoms with van der Waals surface area (Å²) in [7, 11) is 1.98. The molecule has 0 radical (unpaired) electrons. The second kappa shape index (κ2) is 9.14. The number of hydrogen-bond acceptors (Lipinski definition) is 4. The number of nitrogens with one attached hydrogen (secondary N) is 1. The molecule has 1 aromatic heterocycles. The molecule has 2 aromatic carbocycles. The lowest BCUT2D eigenvalue weighted by atomic mass is 10.1. The average Bonchev–Trinajstić information content (AvgIpc) is 3.16. The summed E-state index contributed by atoms with van der Waals surface area (Å²) >= 11 is 0. The Kier molecular flexibility index (Phi) is 6.39. The van der Waals surface area contributed by atoms with Gasteiger partial charge in [0.25, 0.3) is 0 Å². The molecule has 0 spiro atoms. The molecule has 0 saturated heterocycles. The number of aryl methyl sites for hydroxylation is 1. The van der Waals surface area contributed by atoms with E-state index in [1.807, 2.05) is 67.7 Å². The van der Waals surface area contributed by atoms with Crippen molar-refractivity contribution in [2.45, 2.75) is 26.3 Å². The molecule has 0 aliphatic heterocycles. The fraction of sp³-hybridized carbons (Fsp3) is 0.273. The van der Waals surface area contributed by atoms with E-state index < -0.39 is 0 Å². The number of carbonyl (C=O) groups is 1. The van der Waals surface area contributed by atoms with E-state index in [1.54, 1.807) is 0 Å². The standard InChI is InChI=1S/C22H25N3O2/c1-3-17-9-7-8-12-20(17)23-22(26)13-14-25(2)16-19-15-21(27-24-19)18-10-5-4-6-11-18/h4-12,15H,3,13-14,16H2,1-2H3,(H,23,26). The first kappa shape index (κ1) is 18.9. The Morgan fingerprint density at radius 1 is 1.11 bits per heavy atom. The van der Waals surface area contributed by atoms with Crippen LogP contribution in [-0.2, 0) is 17.8 Å². The molecular weight excluding hydrogens is 338 g/mol. The molecule has 0 bridgehead atoms. The van der Waals surface area contributed by atoms with Crippen LogP contribution in [0.4, 0.5) is 5.69 Å². The number of amides is 1. The first-order valence-electron chi connectivity index (χ1n) is 9.23. The van der Waals surface area contributed by atoms with Crippen molar-refractivity contribution in [1.29, 1.82) is 0 Å². The second-order valence-corrected chi connectivity index (χ2v) is 6.60. The van der Waals surface area contributed by atoms with E-state index in [-0.39, 0.29) is 5.91 Å². The molecule has 140 valence electrons. The average molecular weight is 363 g/mol. The van der Waals surface area contributed by atoms with Gasteiger partial charge in [-0.3, -0.25) is 9.69 Å². The van der Waals surface area contributed by atoms with Crippen molar-refractivity contribution in [2.24, 2.45) is 0 Å². The van der Waals surface area contributed by atoms with Crippen molar-refractivity contribution in [1.82, 2.24) is 10.1 Å². The van der Waals surface area contributed by atoms with E-state index in [0.717, 1.165) is 34.7 Å². The maximum absolute atomic E-state index is 12.3. The number of nitrogens with zero attached hydrogens (tertiary/aromatic N) is 2. The van der Waals surface area contributed by atoms with Crippen molar-refractivity contribution < 1.29 is 9.32 Å². The first-order chi connectivity index (χ1) is 13.2. The highest BCUT2D eigenvalue weighted by Crippen LogP contribution is 2.20. The molecule has 5 nitrogen and oxygen atoms in total. The molecule has 5 heteroatoms. The number of rotatable bonds is 8. The summed E-state index contributed by atoms with van der Waals surface area (Å²) in [5.74, 6) is 0.779. The van der Waals surface area contributed by atoms with Crippen LogP contribution in [0, 0.1) is 0 Å². The lowest BCUT2D eigenvalue weighted by Gasteiger charge is -2.15. The summed E-state index contributed by atoms with van der Waals surface area (Å²) in [5, 5.41) is 7.14. The topological polar surface area (TPSA) is 58.4 Å². The van der Waals surface area contributed by atoms with E-state index in [1.165, 1.54) is 0 Å². The summed E-state index contributed by atoms with van der Waals surface area (Å²) < 4.78 is 5.43. The Hall–Kier alpha value is -2.92. The molecule has 1 N–H and O–H groups in total. The lowest BCUT2D eigenvalue weighted by molar-refractivity contribution is -0.116. The smallest absolute Gasteiger partial charge is 0.225 e. The lowest BCUT2D eigenvalue weighted by Crippen LogP contribution is -2.24. The molecule has 0 saturated carbocycles. The quantitative estimate of drug-likeness (QED) is 0.646. The van der Waals surface area contributed by atoms with Crippen molar-refractivity contribution in [3.63, 3.8) is 0 Å². The van der Waals surface area contributed by atoms with Gasteiger partial charge in [-0.25, -0.2) is 0 Å². The van der Waals surface area contributed by atoms with Gasteiger partial charge in [-0.05, 0) is 25.1 Å². The number of aromatic nitrogens is 1. The minimum absolute atomic E-state index is 0.0212. The van der Waals surface area contributed by atoms with Gasteiger partial charge in [0.05, 0.1) is 5.69 Å². The second-order valence-electron chi connectivity index (χ2n) is 6.60. The molecule has 0 aliphatic carbocycles. The predicted octanol–water partition coefficient (Wildman–Crippen LogP) is 4.36. The molecule has 3 rings (SSSR count). The minimum atomic E-state index is 0.0212. The Bertz CT molecular complexity index is 874. The van der Waals surface area contributed by atoms with E-state index in [9.17, 15) is 4.79 Å². The molecular formula is C22H25N3O2. The fourth-order valence-corrected chi connectivity index (χ4v) is 2.94. The van der Waals surface area contributed by atoms with E-state index >= 15 is 0 Å². The Morgan fingerprint density at radius 2 is 1.85 bits per heavy atom. The third kappa shape index (κ3) is 5.28. The third-order valence-electron chi connectivity index (χ3n) is 4.44. The Morgan fingerprint density at radius 3 is 2.63 bits per heavy atom. The van der Waals surface area contributed by atoms with Crippen molar-refractivity contribution in [3.05, 3.63) is 71.9 Å². The van der Waals surface area contributed by atoms with Crippen molar-refractivity contribution in [3.8, 4) is 11.3 Å². The zero-order valence-electron chi connectivity index (χ0n) is 15.8. The van der Waals surface area contributed by atoms with E-state index in [4.69, 9.17) is 4.52 Å². The Balaban J connectivity index is 1.49. The molecule has 27 heavy (non-hydrogen) atoms. The van der Waals surface area contributed by atoms with Crippen LogP contribution in [0.1, 0.15) is 24.6 Å². The molecule has 1 heterocycles. The van der Waals surface area contributed by atoms with Crippen LogP contribution < -0.4 is 5.32 Å². The van der Waals surface area contributed by atoms with Gasteiger partial charge >= 0.3 is 0 Å². The normalized spacial score (nSPS) is 10.9. The van der Waals surface area contributed by atoms with Gasteiger partial charge in [0.1, 0.15) is 0 Å². The van der Waals surface area contributed by atoms with Crippen LogP contribution in [0.3, 0.4) is 0 Å². The monoisotopic (exact) mass is 363 g/mol. The highest BCUT2D eigenvalue weighted by atomic mass is 16.5. The van der Waals surface area contributed by atoms with Crippen molar-refractivity contribution in [2.75, 3.05) is 18.9 Å². The van der Waals surface area contributed by atoms with Gasteiger partial charge in [0.15, 0.2) is 5.76 Å². The van der Waals surface area contributed by atoms with Gasteiger partial charge in [-0.1, -0.05) is 60.6 Å². The largest absolute Gasteiger partial charge is 0.356 e. The van der Waals surface area contributed by atoms with Crippen LogP contribution >= 0.6 is 0 Å². The third-order valence-corrected chi connectivity index (χ3v) is 4.44. The molecule has 0 atom stereocenters. The molecule has 0 aliphatic rings. The maximum Gasteiger partial charge on any atom is 0.225 e. The summed E-state index contributed by atoms with van der Waals surface area (Å²) in [5.41, 5.74) is 3.91. The first-order valence-corrected chi connectivity index (χ1v) is 9.23. The van der Waals surface area contributed by atoms with Crippen LogP contribution in [0.2, 0.25) is 0 Å². The highest BCUT2D eigenvalue weighted by Gasteiger charge is 2.11. The van der Waals surface area contributed by atoms with E-state index in [0.29, 0.717) is 19.5 Å². The summed E-state index contributed by atoms with van der Waals surface area (Å²) in [6, 6.07) is 19.8. The zero-order valence-corrected chi connectivity index (χ0v) is 15.8. The van der Waals surface area contributed by atoms with Crippen molar-refractivity contribution >= 4 is 11.6 Å². The molecule has 0 fully saturated rings. The number of para-hydroxylation sites is 1. The minimum Gasteiger partial charge on any atom is -0.356 e. The highest BCUT2D eigenvalue weighted by molar-refractivity contribution is 5.91. The van der Waals surface area contributed by atoms with Gasteiger partial charge in [0.2, 0.25) is 5.91 Å². The van der Waals surface area contributed by atoms with Gasteiger partial charge in [-0.2, -0.15) is 0 Å². The SMILES string of the molecule is CCc1ccccc1NC(=O)CCN(C)Cc1cc(-c2ccccc2)on1. The summed E-state index contributed by atoms with van der Waals surface area (Å²) in [4.78, 5) is 14.3. The maximum atomic E-state index is 12.3. The van der Waals surface area contributed by atoms with E-state index in [2.05, 4.69) is 22.3 Å². The van der Waals surface area contributed by atoms with Crippen LogP contribution in [0.25, 0.3) is 11.3 Å². The zero-order chi connectivity index (χ0) is 19.1. The molecule has 1 amide bonds.